The first-order valence-electron chi connectivity index (χ1n) is 8.34. The van der Waals surface area contributed by atoms with Crippen LogP contribution in [0.25, 0.3) is 10.9 Å². The molecule has 0 radical (unpaired) electrons. The van der Waals surface area contributed by atoms with Gasteiger partial charge >= 0.3 is 5.97 Å². The number of ether oxygens (including phenoxy) is 1. The highest BCUT2D eigenvalue weighted by Crippen LogP contribution is 2.25. The monoisotopic (exact) mass is 375 g/mol. The normalized spacial score (nSPS) is 12.1. The quantitative estimate of drug-likeness (QED) is 0.420. The molecule has 0 aliphatic carbocycles. The van der Waals surface area contributed by atoms with Crippen LogP contribution in [0.3, 0.4) is 0 Å². The smallest absolute Gasteiger partial charge is 0.330 e. The van der Waals surface area contributed by atoms with E-state index in [0.717, 1.165) is 35.5 Å². The molecule has 2 aromatic rings. The minimum atomic E-state index is -0.552. The average molecular weight is 376 g/mol. The van der Waals surface area contributed by atoms with Crippen LogP contribution in [0.5, 0.6) is 0 Å². The molecule has 138 valence electrons. The number of anilines is 1. The number of pyridine rings is 1. The lowest BCUT2D eigenvalue weighted by Gasteiger charge is -2.17. The van der Waals surface area contributed by atoms with Crippen LogP contribution >= 0.6 is 11.6 Å². The number of carbonyl (C=O) groups is 2. The molecule has 1 heterocycles. The molecule has 1 aromatic heterocycles. The maximum absolute atomic E-state index is 11.5. The molecule has 7 heteroatoms. The number of carbonyl (C=O) groups excluding carboxylic acids is 2. The van der Waals surface area contributed by atoms with Gasteiger partial charge in [0.05, 0.1) is 12.6 Å². The summed E-state index contributed by atoms with van der Waals surface area (Å²) in [5.74, 6) is -0.864. The number of halogens is 1. The number of hydrogen-bond acceptors (Lipinski definition) is 5. The lowest BCUT2D eigenvalue weighted by Crippen LogP contribution is -2.24. The summed E-state index contributed by atoms with van der Waals surface area (Å²) in [6, 6.07) is 7.79. The highest BCUT2D eigenvalue weighted by atomic mass is 35.5. The Morgan fingerprint density at radius 3 is 2.88 bits per heavy atom. The van der Waals surface area contributed by atoms with Gasteiger partial charge in [0.2, 0.25) is 5.91 Å². The Labute approximate surface area is 157 Å². The first kappa shape index (κ1) is 19.7. The number of esters is 1. The van der Waals surface area contributed by atoms with E-state index in [-0.39, 0.29) is 11.9 Å². The van der Waals surface area contributed by atoms with Crippen molar-refractivity contribution in [2.45, 2.75) is 25.8 Å². The number of nitrogens with one attached hydrogen (secondary N) is 2. The number of benzene rings is 1. The van der Waals surface area contributed by atoms with Gasteiger partial charge in [-0.05, 0) is 44.0 Å². The van der Waals surface area contributed by atoms with Crippen LogP contribution in [-0.2, 0) is 14.3 Å². The van der Waals surface area contributed by atoms with Crippen molar-refractivity contribution in [3.63, 3.8) is 0 Å². The molecular formula is C19H22ClN3O3. The molecule has 1 amide bonds. The molecule has 0 aliphatic heterocycles. The van der Waals surface area contributed by atoms with Gasteiger partial charge in [-0.2, -0.15) is 0 Å². The van der Waals surface area contributed by atoms with Crippen molar-refractivity contribution in [2.75, 3.05) is 19.0 Å². The Kier molecular flexibility index (Phi) is 7.41. The molecule has 0 spiro atoms. The number of methoxy groups -OCH3 is 1. The van der Waals surface area contributed by atoms with Crippen LogP contribution in [0.1, 0.15) is 19.8 Å². The van der Waals surface area contributed by atoms with E-state index in [1.807, 2.05) is 24.3 Å². The van der Waals surface area contributed by atoms with Crippen LogP contribution in [0.4, 0.5) is 5.69 Å². The number of fused-ring (bicyclic) bond motifs is 1. The molecule has 0 aliphatic rings. The molecule has 0 bridgehead atoms. The molecule has 0 saturated carbocycles. The van der Waals surface area contributed by atoms with Gasteiger partial charge in [-0.25, -0.2) is 4.79 Å². The highest BCUT2D eigenvalue weighted by Gasteiger charge is 2.07. The Morgan fingerprint density at radius 1 is 1.31 bits per heavy atom. The lowest BCUT2D eigenvalue weighted by molar-refractivity contribution is -0.135. The number of rotatable bonds is 8. The fourth-order valence-electron chi connectivity index (χ4n) is 2.48. The zero-order valence-electron chi connectivity index (χ0n) is 14.8. The maximum atomic E-state index is 11.5. The first-order valence-corrected chi connectivity index (χ1v) is 8.72. The molecule has 1 unspecified atom stereocenters. The van der Waals surface area contributed by atoms with Crippen molar-refractivity contribution in [1.82, 2.24) is 10.3 Å². The van der Waals surface area contributed by atoms with E-state index in [9.17, 15) is 9.59 Å². The minimum absolute atomic E-state index is 0.221. The number of nitrogens with zero attached hydrogens (tertiary/aromatic N) is 1. The molecular weight excluding hydrogens is 354 g/mol. The molecule has 6 nitrogen and oxygen atoms in total. The summed E-state index contributed by atoms with van der Waals surface area (Å²) in [5, 5.41) is 7.88. The Bertz CT molecular complexity index is 808. The number of amides is 1. The van der Waals surface area contributed by atoms with Crippen LogP contribution in [0.2, 0.25) is 5.02 Å². The summed E-state index contributed by atoms with van der Waals surface area (Å²) in [6.07, 6.45) is 5.70. The Morgan fingerprint density at radius 2 is 2.12 bits per heavy atom. The second-order valence-electron chi connectivity index (χ2n) is 5.86. The Hall–Kier alpha value is -2.60. The summed E-state index contributed by atoms with van der Waals surface area (Å²) < 4.78 is 4.43. The van der Waals surface area contributed by atoms with Crippen LogP contribution in [0.15, 0.2) is 42.6 Å². The van der Waals surface area contributed by atoms with E-state index in [2.05, 4.69) is 27.3 Å². The van der Waals surface area contributed by atoms with Gasteiger partial charge < -0.3 is 15.4 Å². The predicted molar refractivity (Wildman–Crippen MR) is 103 cm³/mol. The van der Waals surface area contributed by atoms with Gasteiger partial charge in [0.15, 0.2) is 0 Å². The summed E-state index contributed by atoms with van der Waals surface area (Å²) in [6.45, 7) is 2.62. The third kappa shape index (κ3) is 6.04. The molecule has 1 atom stereocenters. The summed E-state index contributed by atoms with van der Waals surface area (Å²) in [5.41, 5.74) is 1.85. The Balaban J connectivity index is 1.79. The van der Waals surface area contributed by atoms with E-state index in [1.165, 1.54) is 13.2 Å². The van der Waals surface area contributed by atoms with Crippen molar-refractivity contribution in [1.29, 1.82) is 0 Å². The van der Waals surface area contributed by atoms with E-state index in [1.54, 1.807) is 6.20 Å². The van der Waals surface area contributed by atoms with Crippen LogP contribution < -0.4 is 10.6 Å². The fraction of sp³-hybridized carbons (Fsp3) is 0.316. The van der Waals surface area contributed by atoms with Crippen molar-refractivity contribution in [2.24, 2.45) is 0 Å². The van der Waals surface area contributed by atoms with Gasteiger partial charge in [0, 0.05) is 47.0 Å². The van der Waals surface area contributed by atoms with E-state index in [0.29, 0.717) is 11.6 Å². The van der Waals surface area contributed by atoms with Gasteiger partial charge in [-0.1, -0.05) is 11.6 Å². The standard InChI is InChI=1S/C19H22ClN3O3/c1-13(4-3-10-22-18(24)7-8-19(25)26-2)23-16-9-11-21-17-12-14(20)5-6-15(16)17/h5-9,11-13H,3-4,10H2,1-2H3,(H,21,23)(H,22,24)/b8-7+. The number of hydrogen-bond donors (Lipinski definition) is 2. The largest absolute Gasteiger partial charge is 0.466 e. The van der Waals surface area contributed by atoms with Crippen molar-refractivity contribution < 1.29 is 14.3 Å². The van der Waals surface area contributed by atoms with Crippen molar-refractivity contribution in [3.05, 3.63) is 47.6 Å². The van der Waals surface area contributed by atoms with Crippen LogP contribution in [-0.4, -0.2) is 36.6 Å². The van der Waals surface area contributed by atoms with Crippen LogP contribution in [0, 0.1) is 0 Å². The van der Waals surface area contributed by atoms with E-state index >= 15 is 0 Å². The van der Waals surface area contributed by atoms with Gasteiger partial charge in [0.25, 0.3) is 0 Å². The van der Waals surface area contributed by atoms with Gasteiger partial charge in [-0.15, -0.1) is 0 Å². The first-order chi connectivity index (χ1) is 12.5. The minimum Gasteiger partial charge on any atom is -0.466 e. The second kappa shape index (κ2) is 9.77. The maximum Gasteiger partial charge on any atom is 0.330 e. The van der Waals surface area contributed by atoms with Gasteiger partial charge in [-0.3, -0.25) is 9.78 Å². The zero-order valence-corrected chi connectivity index (χ0v) is 15.5. The van der Waals surface area contributed by atoms with E-state index < -0.39 is 5.97 Å². The summed E-state index contributed by atoms with van der Waals surface area (Å²) >= 11 is 6.01. The third-order valence-electron chi connectivity index (χ3n) is 3.79. The van der Waals surface area contributed by atoms with Crippen molar-refractivity contribution in [3.8, 4) is 0 Å². The summed E-state index contributed by atoms with van der Waals surface area (Å²) in [4.78, 5) is 26.8. The molecule has 2 N–H and O–H groups in total. The molecule has 26 heavy (non-hydrogen) atoms. The molecule has 0 fully saturated rings. The zero-order chi connectivity index (χ0) is 18.9. The third-order valence-corrected chi connectivity index (χ3v) is 4.03. The van der Waals surface area contributed by atoms with Crippen molar-refractivity contribution >= 4 is 40.1 Å². The highest BCUT2D eigenvalue weighted by molar-refractivity contribution is 6.31. The average Bonchev–Trinajstić information content (AvgIpc) is 2.63. The topological polar surface area (TPSA) is 80.3 Å². The SMILES string of the molecule is COC(=O)/C=C/C(=O)NCCCC(C)Nc1ccnc2cc(Cl)ccc12. The number of aromatic nitrogens is 1. The predicted octanol–water partition coefficient (Wildman–Crippen LogP) is 3.31. The van der Waals surface area contributed by atoms with E-state index in [4.69, 9.17) is 11.6 Å². The molecule has 0 saturated heterocycles. The van der Waals surface area contributed by atoms with Gasteiger partial charge in [0.1, 0.15) is 0 Å². The molecule has 1 aromatic carbocycles. The second-order valence-corrected chi connectivity index (χ2v) is 6.29. The fourth-order valence-corrected chi connectivity index (χ4v) is 2.64. The molecule has 2 rings (SSSR count). The lowest BCUT2D eigenvalue weighted by atomic mass is 10.1. The summed E-state index contributed by atoms with van der Waals surface area (Å²) in [7, 11) is 1.26.